The molecule has 0 bridgehead atoms. The van der Waals surface area contributed by atoms with E-state index in [2.05, 4.69) is 43.4 Å². The molecular weight excluding hydrogens is 234 g/mol. The first kappa shape index (κ1) is 13.1. The first-order chi connectivity index (χ1) is 9.16. The van der Waals surface area contributed by atoms with Gasteiger partial charge in [0.1, 0.15) is 0 Å². The fourth-order valence-electron chi connectivity index (χ4n) is 3.65. The van der Waals surface area contributed by atoms with Crippen molar-refractivity contribution in [3.63, 3.8) is 0 Å². The summed E-state index contributed by atoms with van der Waals surface area (Å²) >= 11 is 0. The third kappa shape index (κ3) is 2.85. The van der Waals surface area contributed by atoms with Crippen LogP contribution in [0.3, 0.4) is 0 Å². The topological polar surface area (TPSA) is 21.3 Å². The number of hydrogen-bond donors (Lipinski definition) is 1. The van der Waals surface area contributed by atoms with E-state index in [0.29, 0.717) is 12.0 Å². The van der Waals surface area contributed by atoms with E-state index in [9.17, 15) is 0 Å². The number of rotatable bonds is 2. The van der Waals surface area contributed by atoms with Crippen LogP contribution in [-0.4, -0.2) is 18.8 Å². The van der Waals surface area contributed by atoms with E-state index >= 15 is 0 Å². The van der Waals surface area contributed by atoms with Gasteiger partial charge in [0.05, 0.1) is 5.60 Å². The molecule has 1 aromatic carbocycles. The largest absolute Gasteiger partial charge is 0.376 e. The second-order valence-electron chi connectivity index (χ2n) is 6.58. The number of benzene rings is 1. The Hall–Kier alpha value is -0.860. The van der Waals surface area contributed by atoms with Gasteiger partial charge < -0.3 is 10.1 Å². The third-order valence-electron chi connectivity index (χ3n) is 4.57. The van der Waals surface area contributed by atoms with Crippen molar-refractivity contribution in [3.05, 3.63) is 35.4 Å². The summed E-state index contributed by atoms with van der Waals surface area (Å²) in [5.41, 5.74) is 3.11. The minimum atomic E-state index is 0.0269. The van der Waals surface area contributed by atoms with E-state index in [4.69, 9.17) is 4.74 Å². The summed E-state index contributed by atoms with van der Waals surface area (Å²) in [4.78, 5) is 0. The molecule has 2 atom stereocenters. The Morgan fingerprint density at radius 1 is 1.16 bits per heavy atom. The molecule has 1 aromatic rings. The van der Waals surface area contributed by atoms with Gasteiger partial charge in [0.2, 0.25) is 0 Å². The summed E-state index contributed by atoms with van der Waals surface area (Å²) in [7, 11) is 0. The second kappa shape index (κ2) is 5.26. The molecule has 0 aliphatic carbocycles. The maximum Gasteiger partial charge on any atom is 0.0632 e. The van der Waals surface area contributed by atoms with Crippen molar-refractivity contribution >= 4 is 0 Å². The summed E-state index contributed by atoms with van der Waals surface area (Å²) in [6.45, 7) is 6.49. The van der Waals surface area contributed by atoms with Crippen molar-refractivity contribution in [1.82, 2.24) is 5.32 Å². The molecule has 0 spiro atoms. The number of ether oxygens (including phenoxy) is 1. The highest BCUT2D eigenvalue weighted by molar-refractivity contribution is 5.34. The lowest BCUT2D eigenvalue weighted by molar-refractivity contribution is -0.0594. The quantitative estimate of drug-likeness (QED) is 0.872. The average Bonchev–Trinajstić information content (AvgIpc) is 2.91. The minimum absolute atomic E-state index is 0.0269. The Labute approximate surface area is 116 Å². The molecule has 3 rings (SSSR count). The normalized spacial score (nSPS) is 30.4. The van der Waals surface area contributed by atoms with E-state index in [1.807, 2.05) is 0 Å². The lowest BCUT2D eigenvalue weighted by atomic mass is 9.80. The Bertz CT molecular complexity index is 435. The van der Waals surface area contributed by atoms with E-state index in [1.165, 1.54) is 18.4 Å². The van der Waals surface area contributed by atoms with Crippen molar-refractivity contribution in [3.8, 4) is 0 Å². The highest BCUT2D eigenvalue weighted by Gasteiger charge is 2.31. The van der Waals surface area contributed by atoms with Crippen molar-refractivity contribution in [2.24, 2.45) is 0 Å². The van der Waals surface area contributed by atoms with Crippen LogP contribution >= 0.6 is 0 Å². The highest BCUT2D eigenvalue weighted by atomic mass is 16.5. The molecule has 2 nitrogen and oxygen atoms in total. The first-order valence-electron chi connectivity index (χ1n) is 7.62. The lowest BCUT2D eigenvalue weighted by Gasteiger charge is -2.37. The van der Waals surface area contributed by atoms with Crippen LogP contribution < -0.4 is 5.32 Å². The monoisotopic (exact) mass is 259 g/mol. The van der Waals surface area contributed by atoms with Crippen LogP contribution in [0.25, 0.3) is 0 Å². The fourth-order valence-corrected chi connectivity index (χ4v) is 3.65. The number of nitrogens with one attached hydrogen (secondary N) is 1. The van der Waals surface area contributed by atoms with Gasteiger partial charge in [0, 0.05) is 12.6 Å². The predicted molar refractivity (Wildman–Crippen MR) is 78.4 cm³/mol. The minimum Gasteiger partial charge on any atom is -0.376 e. The van der Waals surface area contributed by atoms with Gasteiger partial charge in [-0.1, -0.05) is 24.3 Å². The zero-order valence-electron chi connectivity index (χ0n) is 12.1. The van der Waals surface area contributed by atoms with Crippen LogP contribution in [0.5, 0.6) is 0 Å². The van der Waals surface area contributed by atoms with Crippen LogP contribution in [0, 0.1) is 0 Å². The molecule has 104 valence electrons. The van der Waals surface area contributed by atoms with Crippen LogP contribution in [0.1, 0.15) is 62.6 Å². The maximum absolute atomic E-state index is 5.87. The van der Waals surface area contributed by atoms with E-state index < -0.39 is 0 Å². The van der Waals surface area contributed by atoms with Crippen molar-refractivity contribution < 1.29 is 4.74 Å². The van der Waals surface area contributed by atoms with Gasteiger partial charge in [0.15, 0.2) is 0 Å². The lowest BCUT2D eigenvalue weighted by Crippen LogP contribution is -2.33. The summed E-state index contributed by atoms with van der Waals surface area (Å²) in [6.07, 6.45) is 4.88. The summed E-state index contributed by atoms with van der Waals surface area (Å²) in [5, 5.41) is 3.64. The average molecular weight is 259 g/mol. The molecule has 2 aliphatic rings. The fraction of sp³-hybridized carbons (Fsp3) is 0.647. The third-order valence-corrected chi connectivity index (χ3v) is 4.57. The molecule has 2 aliphatic heterocycles. The highest BCUT2D eigenvalue weighted by Crippen LogP contribution is 2.39. The Balaban J connectivity index is 1.87. The van der Waals surface area contributed by atoms with Gasteiger partial charge >= 0.3 is 0 Å². The summed E-state index contributed by atoms with van der Waals surface area (Å²) in [6, 6.07) is 9.60. The zero-order valence-corrected chi connectivity index (χ0v) is 12.1. The molecule has 2 saturated heterocycles. The molecule has 2 heteroatoms. The summed E-state index contributed by atoms with van der Waals surface area (Å²) < 4.78 is 5.87. The van der Waals surface area contributed by atoms with Gasteiger partial charge in [-0.2, -0.15) is 0 Å². The molecular formula is C17H25NO. The zero-order chi connectivity index (χ0) is 13.3. The molecule has 0 unspecified atom stereocenters. The first-order valence-corrected chi connectivity index (χ1v) is 7.62. The van der Waals surface area contributed by atoms with Crippen LogP contribution in [0.15, 0.2) is 24.3 Å². The Morgan fingerprint density at radius 3 is 2.63 bits per heavy atom. The Morgan fingerprint density at radius 2 is 1.95 bits per heavy atom. The maximum atomic E-state index is 5.87. The SMILES string of the molecule is CC1(C)C[C@H](c2ccccc2[C@@H]2CCCN2)CCO1. The molecule has 0 amide bonds. The van der Waals surface area contributed by atoms with Gasteiger partial charge in [-0.25, -0.2) is 0 Å². The molecule has 2 heterocycles. The molecule has 0 saturated carbocycles. The molecule has 0 aromatic heterocycles. The van der Waals surface area contributed by atoms with Gasteiger partial charge in [-0.3, -0.25) is 0 Å². The van der Waals surface area contributed by atoms with Crippen LogP contribution in [0.2, 0.25) is 0 Å². The van der Waals surface area contributed by atoms with Gasteiger partial charge in [-0.15, -0.1) is 0 Å². The van der Waals surface area contributed by atoms with Crippen molar-refractivity contribution in [1.29, 1.82) is 0 Å². The predicted octanol–water partition coefficient (Wildman–Crippen LogP) is 3.78. The second-order valence-corrected chi connectivity index (χ2v) is 6.58. The molecule has 2 fully saturated rings. The smallest absolute Gasteiger partial charge is 0.0632 e. The molecule has 1 N–H and O–H groups in total. The van der Waals surface area contributed by atoms with E-state index in [-0.39, 0.29) is 5.60 Å². The number of hydrogen-bond acceptors (Lipinski definition) is 2. The van der Waals surface area contributed by atoms with E-state index in [1.54, 1.807) is 5.56 Å². The molecule has 19 heavy (non-hydrogen) atoms. The van der Waals surface area contributed by atoms with E-state index in [0.717, 1.165) is 26.0 Å². The molecule has 0 radical (unpaired) electrons. The van der Waals surface area contributed by atoms with Gasteiger partial charge in [-0.05, 0) is 63.1 Å². The summed E-state index contributed by atoms with van der Waals surface area (Å²) in [5.74, 6) is 0.655. The van der Waals surface area contributed by atoms with Crippen molar-refractivity contribution in [2.45, 2.75) is 57.1 Å². The van der Waals surface area contributed by atoms with Gasteiger partial charge in [0.25, 0.3) is 0 Å². The standard InChI is InChI=1S/C17H25NO/c1-17(2)12-13(9-11-19-17)14-6-3-4-7-15(14)16-8-5-10-18-16/h3-4,6-7,13,16,18H,5,8-12H2,1-2H3/t13-,16+/m1/s1. The van der Waals surface area contributed by atoms with Crippen LogP contribution in [-0.2, 0) is 4.74 Å². The van der Waals surface area contributed by atoms with Crippen molar-refractivity contribution in [2.75, 3.05) is 13.2 Å². The van der Waals surface area contributed by atoms with Crippen LogP contribution in [0.4, 0.5) is 0 Å². The Kier molecular flexibility index (Phi) is 3.64.